The van der Waals surface area contributed by atoms with Crippen molar-refractivity contribution in [2.45, 2.75) is 31.7 Å². The maximum Gasteiger partial charge on any atom is 0.317 e. The Labute approximate surface area is 175 Å². The second kappa shape index (κ2) is 8.73. The summed E-state index contributed by atoms with van der Waals surface area (Å²) in [4.78, 5) is 32.2. The van der Waals surface area contributed by atoms with Gasteiger partial charge in [0.05, 0.1) is 13.0 Å². The number of carbonyl (C=O) groups excluding carboxylic acids is 2. The smallest absolute Gasteiger partial charge is 0.317 e. The molecule has 1 saturated heterocycles. The standard InChI is InChI=1S/C21H27N5O4/c1-25(20(27)15-5-6-15)10-9-18-23-19(30-24-18)16-12-26(13-16)21(28)22-11-14-3-7-17(29-2)8-4-14/h3-4,7-8,15-16H,5-6,9-13H2,1-2H3,(H,22,28). The molecular weight excluding hydrogens is 386 g/mol. The molecule has 9 nitrogen and oxygen atoms in total. The summed E-state index contributed by atoms with van der Waals surface area (Å²) in [6, 6.07) is 7.48. The van der Waals surface area contributed by atoms with E-state index < -0.39 is 0 Å². The first-order valence-electron chi connectivity index (χ1n) is 10.3. The number of nitrogens with zero attached hydrogens (tertiary/aromatic N) is 4. The minimum atomic E-state index is -0.109. The zero-order chi connectivity index (χ0) is 21.1. The van der Waals surface area contributed by atoms with E-state index >= 15 is 0 Å². The van der Waals surface area contributed by atoms with Crippen LogP contribution in [-0.4, -0.2) is 65.7 Å². The topological polar surface area (TPSA) is 101 Å². The average molecular weight is 413 g/mol. The number of nitrogens with one attached hydrogen (secondary N) is 1. The van der Waals surface area contributed by atoms with E-state index in [4.69, 9.17) is 9.26 Å². The van der Waals surface area contributed by atoms with Gasteiger partial charge in [-0.1, -0.05) is 17.3 Å². The highest BCUT2D eigenvalue weighted by atomic mass is 16.5. The van der Waals surface area contributed by atoms with Crippen molar-refractivity contribution < 1.29 is 18.8 Å². The normalized spacial score (nSPS) is 16.1. The molecule has 0 spiro atoms. The first-order valence-corrected chi connectivity index (χ1v) is 10.3. The number of methoxy groups -OCH3 is 1. The molecule has 2 heterocycles. The number of hydrogen-bond acceptors (Lipinski definition) is 6. The Balaban J connectivity index is 1.18. The third-order valence-electron chi connectivity index (χ3n) is 5.58. The lowest BCUT2D eigenvalue weighted by molar-refractivity contribution is -0.131. The van der Waals surface area contributed by atoms with E-state index in [1.165, 1.54) is 0 Å². The second-order valence-electron chi connectivity index (χ2n) is 7.94. The van der Waals surface area contributed by atoms with Crippen molar-refractivity contribution in [3.8, 4) is 5.75 Å². The molecule has 1 aliphatic carbocycles. The molecule has 0 bridgehead atoms. The molecular formula is C21H27N5O4. The second-order valence-corrected chi connectivity index (χ2v) is 7.94. The summed E-state index contributed by atoms with van der Waals surface area (Å²) in [6.45, 7) is 2.15. The molecule has 9 heteroatoms. The van der Waals surface area contributed by atoms with Crippen LogP contribution in [0, 0.1) is 5.92 Å². The summed E-state index contributed by atoms with van der Waals surface area (Å²) in [6.07, 6.45) is 2.57. The van der Waals surface area contributed by atoms with Crippen LogP contribution >= 0.6 is 0 Å². The molecule has 2 aliphatic rings. The van der Waals surface area contributed by atoms with Gasteiger partial charge >= 0.3 is 6.03 Å². The highest BCUT2D eigenvalue weighted by Gasteiger charge is 2.36. The van der Waals surface area contributed by atoms with Gasteiger partial charge in [-0.25, -0.2) is 4.79 Å². The van der Waals surface area contributed by atoms with Crippen molar-refractivity contribution in [2.24, 2.45) is 5.92 Å². The number of aromatic nitrogens is 2. The average Bonchev–Trinajstić information content (AvgIpc) is 3.48. The molecule has 1 saturated carbocycles. The SMILES string of the molecule is COc1ccc(CNC(=O)N2CC(c3nc(CCN(C)C(=O)C4CC4)no3)C2)cc1. The lowest BCUT2D eigenvalue weighted by Crippen LogP contribution is -2.52. The van der Waals surface area contributed by atoms with Gasteiger partial charge in [-0.15, -0.1) is 0 Å². The summed E-state index contributed by atoms with van der Waals surface area (Å²) >= 11 is 0. The van der Waals surface area contributed by atoms with Crippen molar-refractivity contribution in [3.63, 3.8) is 0 Å². The van der Waals surface area contributed by atoms with Gasteiger partial charge in [0.15, 0.2) is 5.82 Å². The molecule has 1 aromatic carbocycles. The van der Waals surface area contributed by atoms with E-state index in [2.05, 4.69) is 15.5 Å². The molecule has 2 fully saturated rings. The van der Waals surface area contributed by atoms with Crippen molar-refractivity contribution in [3.05, 3.63) is 41.5 Å². The zero-order valence-electron chi connectivity index (χ0n) is 17.3. The van der Waals surface area contributed by atoms with Gasteiger partial charge in [0.25, 0.3) is 0 Å². The van der Waals surface area contributed by atoms with E-state index in [0.29, 0.717) is 44.3 Å². The fraction of sp³-hybridized carbons (Fsp3) is 0.524. The Kier molecular flexibility index (Phi) is 5.87. The maximum absolute atomic E-state index is 12.3. The van der Waals surface area contributed by atoms with Crippen molar-refractivity contribution in [1.29, 1.82) is 0 Å². The first-order chi connectivity index (χ1) is 14.5. The molecule has 0 unspecified atom stereocenters. The van der Waals surface area contributed by atoms with E-state index in [9.17, 15) is 9.59 Å². The van der Waals surface area contributed by atoms with Crippen LogP contribution in [0.2, 0.25) is 0 Å². The largest absolute Gasteiger partial charge is 0.497 e. The molecule has 1 aliphatic heterocycles. The van der Waals surface area contributed by atoms with Crippen LogP contribution in [0.5, 0.6) is 5.75 Å². The van der Waals surface area contributed by atoms with E-state index in [0.717, 1.165) is 24.2 Å². The van der Waals surface area contributed by atoms with Crippen LogP contribution in [0.25, 0.3) is 0 Å². The van der Waals surface area contributed by atoms with E-state index in [-0.39, 0.29) is 23.8 Å². The molecule has 160 valence electrons. The van der Waals surface area contributed by atoms with Crippen LogP contribution in [0.15, 0.2) is 28.8 Å². The minimum Gasteiger partial charge on any atom is -0.497 e. The molecule has 2 aromatic rings. The lowest BCUT2D eigenvalue weighted by Gasteiger charge is -2.36. The Morgan fingerprint density at radius 2 is 2.00 bits per heavy atom. The number of ether oxygens (including phenoxy) is 1. The number of carbonyl (C=O) groups is 2. The number of likely N-dealkylation sites (N-methyl/N-ethyl adjacent to an activating group) is 1. The third kappa shape index (κ3) is 4.72. The van der Waals surface area contributed by atoms with Crippen LogP contribution in [0.4, 0.5) is 4.79 Å². The number of likely N-dealkylation sites (tertiary alicyclic amines) is 1. The maximum atomic E-state index is 12.3. The van der Waals surface area contributed by atoms with Gasteiger partial charge < -0.3 is 24.4 Å². The number of urea groups is 1. The number of rotatable bonds is 8. The van der Waals surface area contributed by atoms with Gasteiger partial charge in [-0.2, -0.15) is 4.98 Å². The van der Waals surface area contributed by atoms with Gasteiger partial charge in [0.2, 0.25) is 11.8 Å². The van der Waals surface area contributed by atoms with Gasteiger partial charge in [0.1, 0.15) is 5.75 Å². The fourth-order valence-electron chi connectivity index (χ4n) is 3.39. The Bertz CT molecular complexity index is 887. The minimum absolute atomic E-state index is 0.0591. The van der Waals surface area contributed by atoms with Crippen LogP contribution in [0.3, 0.4) is 0 Å². The third-order valence-corrected chi connectivity index (χ3v) is 5.58. The summed E-state index contributed by atoms with van der Waals surface area (Å²) in [5, 5.41) is 6.93. The summed E-state index contributed by atoms with van der Waals surface area (Å²) in [7, 11) is 3.44. The molecule has 4 rings (SSSR count). The Hall–Kier alpha value is -3.10. The molecule has 1 aromatic heterocycles. The van der Waals surface area contributed by atoms with Crippen molar-refractivity contribution in [1.82, 2.24) is 25.3 Å². The fourth-order valence-corrected chi connectivity index (χ4v) is 3.39. The van der Waals surface area contributed by atoms with Gasteiger partial charge in [0, 0.05) is 45.6 Å². The summed E-state index contributed by atoms with van der Waals surface area (Å²) < 4.78 is 10.5. The molecule has 30 heavy (non-hydrogen) atoms. The summed E-state index contributed by atoms with van der Waals surface area (Å²) in [5.74, 6) is 2.42. The zero-order valence-corrected chi connectivity index (χ0v) is 17.3. The predicted octanol–water partition coefficient (Wildman–Crippen LogP) is 1.80. The number of benzene rings is 1. The number of hydrogen-bond donors (Lipinski definition) is 1. The van der Waals surface area contributed by atoms with E-state index in [1.807, 2.05) is 31.3 Å². The van der Waals surface area contributed by atoms with E-state index in [1.54, 1.807) is 16.9 Å². The van der Waals surface area contributed by atoms with Gasteiger partial charge in [-0.3, -0.25) is 4.79 Å². The van der Waals surface area contributed by atoms with Crippen LogP contribution in [0.1, 0.15) is 36.0 Å². The highest BCUT2D eigenvalue weighted by Crippen LogP contribution is 2.30. The predicted molar refractivity (Wildman–Crippen MR) is 108 cm³/mol. The Morgan fingerprint density at radius 1 is 1.27 bits per heavy atom. The lowest BCUT2D eigenvalue weighted by atomic mass is 10.0. The molecule has 3 amide bonds. The highest BCUT2D eigenvalue weighted by molar-refractivity contribution is 5.80. The van der Waals surface area contributed by atoms with Crippen LogP contribution < -0.4 is 10.1 Å². The van der Waals surface area contributed by atoms with Crippen molar-refractivity contribution in [2.75, 3.05) is 33.8 Å². The monoisotopic (exact) mass is 413 g/mol. The van der Waals surface area contributed by atoms with Crippen LogP contribution in [-0.2, 0) is 17.8 Å². The first kappa shape index (κ1) is 20.2. The quantitative estimate of drug-likeness (QED) is 0.708. The Morgan fingerprint density at radius 3 is 2.67 bits per heavy atom. The van der Waals surface area contributed by atoms with Crippen molar-refractivity contribution >= 4 is 11.9 Å². The van der Waals surface area contributed by atoms with Gasteiger partial charge in [-0.05, 0) is 30.5 Å². The molecule has 0 radical (unpaired) electrons. The number of amides is 3. The molecule has 0 atom stereocenters. The summed E-state index contributed by atoms with van der Waals surface area (Å²) in [5.41, 5.74) is 1.01. The molecule has 1 N–H and O–H groups in total.